The number of morpholine rings is 1. The van der Waals surface area contributed by atoms with Crippen LogP contribution in [0.3, 0.4) is 0 Å². The highest BCUT2D eigenvalue weighted by atomic mass is 16.5. The minimum absolute atomic E-state index is 0.128. The molecule has 1 saturated carbocycles. The molecule has 68 valence electrons. The smallest absolute Gasteiger partial charge is 0.165 e. The first-order valence-electron chi connectivity index (χ1n) is 4.61. The Labute approximate surface area is 72.7 Å². The van der Waals surface area contributed by atoms with Gasteiger partial charge in [0.25, 0.3) is 0 Å². The molecule has 0 aromatic rings. The fourth-order valence-electron chi connectivity index (χ4n) is 1.58. The standard InChI is InChI=1S/C9H15NO2/c1-10-4-5-12-8(6-10)9(11)7-2-3-7/h7-8H,2-6H2,1H3. The summed E-state index contributed by atoms with van der Waals surface area (Å²) in [4.78, 5) is 13.7. The van der Waals surface area contributed by atoms with Crippen molar-refractivity contribution in [1.82, 2.24) is 4.90 Å². The van der Waals surface area contributed by atoms with E-state index in [9.17, 15) is 4.79 Å². The van der Waals surface area contributed by atoms with Crippen LogP contribution in [0.2, 0.25) is 0 Å². The van der Waals surface area contributed by atoms with Crippen LogP contribution in [0.15, 0.2) is 0 Å². The molecule has 1 heterocycles. The highest BCUT2D eigenvalue weighted by molar-refractivity contribution is 5.87. The van der Waals surface area contributed by atoms with Gasteiger partial charge in [0.15, 0.2) is 5.78 Å². The van der Waals surface area contributed by atoms with Crippen LogP contribution in [0.4, 0.5) is 0 Å². The second-order valence-electron chi connectivity index (χ2n) is 3.80. The summed E-state index contributed by atoms with van der Waals surface area (Å²) in [6.45, 7) is 2.45. The molecule has 12 heavy (non-hydrogen) atoms. The van der Waals surface area contributed by atoms with Gasteiger partial charge in [-0.15, -0.1) is 0 Å². The SMILES string of the molecule is CN1CCOC(C(=O)C2CC2)C1. The van der Waals surface area contributed by atoms with E-state index in [-0.39, 0.29) is 6.10 Å². The van der Waals surface area contributed by atoms with Gasteiger partial charge in [-0.05, 0) is 19.9 Å². The maximum Gasteiger partial charge on any atom is 0.165 e. The Morgan fingerprint density at radius 3 is 2.83 bits per heavy atom. The molecule has 0 spiro atoms. The molecule has 1 unspecified atom stereocenters. The molecule has 3 heteroatoms. The third-order valence-electron chi connectivity index (χ3n) is 2.57. The molecule has 3 nitrogen and oxygen atoms in total. The topological polar surface area (TPSA) is 29.5 Å². The molecule has 0 N–H and O–H groups in total. The van der Waals surface area contributed by atoms with Gasteiger partial charge in [0.2, 0.25) is 0 Å². The summed E-state index contributed by atoms with van der Waals surface area (Å²) in [5.74, 6) is 0.669. The van der Waals surface area contributed by atoms with Crippen LogP contribution in [-0.4, -0.2) is 43.5 Å². The van der Waals surface area contributed by atoms with Crippen LogP contribution in [-0.2, 0) is 9.53 Å². The normalized spacial score (nSPS) is 31.9. The van der Waals surface area contributed by atoms with E-state index in [1.807, 2.05) is 7.05 Å². The van der Waals surface area contributed by atoms with E-state index in [1.54, 1.807) is 0 Å². The number of ketones is 1. The molecule has 0 radical (unpaired) electrons. The third-order valence-corrected chi connectivity index (χ3v) is 2.57. The lowest BCUT2D eigenvalue weighted by Gasteiger charge is -2.29. The van der Waals surface area contributed by atoms with E-state index < -0.39 is 0 Å². The minimum Gasteiger partial charge on any atom is -0.368 e. The van der Waals surface area contributed by atoms with Gasteiger partial charge in [0.1, 0.15) is 6.10 Å². The van der Waals surface area contributed by atoms with Crippen molar-refractivity contribution in [2.45, 2.75) is 18.9 Å². The van der Waals surface area contributed by atoms with Gasteiger partial charge in [0.05, 0.1) is 6.61 Å². The Balaban J connectivity index is 1.89. The fraction of sp³-hybridized carbons (Fsp3) is 0.889. The number of Topliss-reactive ketones (excluding diaryl/α,β-unsaturated/α-hetero) is 1. The van der Waals surface area contributed by atoms with E-state index in [2.05, 4.69) is 4.90 Å². The molecular formula is C9H15NO2. The van der Waals surface area contributed by atoms with E-state index in [0.717, 1.165) is 25.9 Å². The highest BCUT2D eigenvalue weighted by Crippen LogP contribution is 2.31. The Morgan fingerprint density at radius 2 is 2.25 bits per heavy atom. The van der Waals surface area contributed by atoms with Crippen molar-refractivity contribution in [1.29, 1.82) is 0 Å². The van der Waals surface area contributed by atoms with E-state index in [1.165, 1.54) is 0 Å². The second kappa shape index (κ2) is 3.15. The number of carbonyl (C=O) groups is 1. The molecule has 0 aromatic heterocycles. The highest BCUT2D eigenvalue weighted by Gasteiger charge is 2.36. The van der Waals surface area contributed by atoms with Crippen LogP contribution >= 0.6 is 0 Å². The maximum absolute atomic E-state index is 11.6. The summed E-state index contributed by atoms with van der Waals surface area (Å²) in [6.07, 6.45) is 2.04. The number of rotatable bonds is 2. The lowest BCUT2D eigenvalue weighted by molar-refractivity contribution is -0.136. The number of carbonyl (C=O) groups excluding carboxylic acids is 1. The molecule has 2 fully saturated rings. The van der Waals surface area contributed by atoms with Crippen LogP contribution in [0.25, 0.3) is 0 Å². The Hall–Kier alpha value is -0.410. The van der Waals surface area contributed by atoms with Crippen molar-refractivity contribution in [3.8, 4) is 0 Å². The van der Waals surface area contributed by atoms with Crippen molar-refractivity contribution in [2.75, 3.05) is 26.7 Å². The average Bonchev–Trinajstić information content (AvgIpc) is 2.85. The zero-order valence-corrected chi connectivity index (χ0v) is 7.45. The van der Waals surface area contributed by atoms with Gasteiger partial charge in [-0.2, -0.15) is 0 Å². The second-order valence-corrected chi connectivity index (χ2v) is 3.80. The third kappa shape index (κ3) is 1.67. The van der Waals surface area contributed by atoms with Gasteiger partial charge in [-0.25, -0.2) is 0 Å². The van der Waals surface area contributed by atoms with Crippen molar-refractivity contribution in [3.05, 3.63) is 0 Å². The Bertz CT molecular complexity index is 189. The zero-order chi connectivity index (χ0) is 8.55. The summed E-state index contributed by atoms with van der Waals surface area (Å²) < 4.78 is 5.42. The molecule has 1 aliphatic carbocycles. The largest absolute Gasteiger partial charge is 0.368 e. The summed E-state index contributed by atoms with van der Waals surface area (Å²) in [5, 5.41) is 0. The summed E-state index contributed by atoms with van der Waals surface area (Å²) in [7, 11) is 2.04. The zero-order valence-electron chi connectivity index (χ0n) is 7.45. The van der Waals surface area contributed by atoms with Gasteiger partial charge in [-0.1, -0.05) is 0 Å². The average molecular weight is 169 g/mol. The summed E-state index contributed by atoms with van der Waals surface area (Å²) >= 11 is 0. The van der Waals surface area contributed by atoms with Gasteiger partial charge in [0, 0.05) is 19.0 Å². The van der Waals surface area contributed by atoms with Crippen molar-refractivity contribution < 1.29 is 9.53 Å². The first-order chi connectivity index (χ1) is 5.77. The Morgan fingerprint density at radius 1 is 1.50 bits per heavy atom. The molecule has 2 rings (SSSR count). The number of likely N-dealkylation sites (N-methyl/N-ethyl adjacent to an activating group) is 1. The molecule has 0 aromatic carbocycles. The predicted molar refractivity (Wildman–Crippen MR) is 45.0 cm³/mol. The van der Waals surface area contributed by atoms with Crippen molar-refractivity contribution in [3.63, 3.8) is 0 Å². The van der Waals surface area contributed by atoms with E-state index >= 15 is 0 Å². The van der Waals surface area contributed by atoms with E-state index in [4.69, 9.17) is 4.74 Å². The number of hydrogen-bond donors (Lipinski definition) is 0. The summed E-state index contributed by atoms with van der Waals surface area (Å²) in [5.41, 5.74) is 0. The molecule has 1 aliphatic heterocycles. The lowest BCUT2D eigenvalue weighted by Crippen LogP contribution is -2.44. The maximum atomic E-state index is 11.6. The first kappa shape index (κ1) is 8.20. The fourth-order valence-corrected chi connectivity index (χ4v) is 1.58. The molecule has 2 aliphatic rings. The van der Waals surface area contributed by atoms with Crippen LogP contribution in [0.1, 0.15) is 12.8 Å². The number of hydrogen-bond acceptors (Lipinski definition) is 3. The van der Waals surface area contributed by atoms with Gasteiger partial charge >= 0.3 is 0 Å². The van der Waals surface area contributed by atoms with Gasteiger partial charge < -0.3 is 9.64 Å². The molecule has 0 amide bonds. The molecule has 0 bridgehead atoms. The monoisotopic (exact) mass is 169 g/mol. The lowest BCUT2D eigenvalue weighted by atomic mass is 10.1. The minimum atomic E-state index is -0.128. The molecular weight excluding hydrogens is 154 g/mol. The Kier molecular flexibility index (Phi) is 2.15. The van der Waals surface area contributed by atoms with Crippen LogP contribution < -0.4 is 0 Å². The van der Waals surface area contributed by atoms with Gasteiger partial charge in [-0.3, -0.25) is 4.79 Å². The quantitative estimate of drug-likeness (QED) is 0.595. The van der Waals surface area contributed by atoms with Crippen molar-refractivity contribution in [2.24, 2.45) is 5.92 Å². The summed E-state index contributed by atoms with van der Waals surface area (Å²) in [6, 6.07) is 0. The molecule has 1 atom stereocenters. The van der Waals surface area contributed by atoms with Crippen LogP contribution in [0, 0.1) is 5.92 Å². The van der Waals surface area contributed by atoms with Crippen molar-refractivity contribution >= 4 is 5.78 Å². The predicted octanol–water partition coefficient (Wildman–Crippen LogP) is 0.296. The first-order valence-corrected chi connectivity index (χ1v) is 4.61. The molecule has 1 saturated heterocycles. The number of ether oxygens (including phenoxy) is 1. The van der Waals surface area contributed by atoms with E-state index in [0.29, 0.717) is 18.3 Å². The number of nitrogens with zero attached hydrogens (tertiary/aromatic N) is 1. The van der Waals surface area contributed by atoms with Crippen LogP contribution in [0.5, 0.6) is 0 Å².